The normalized spacial score (nSPS) is 16.3. The van der Waals surface area contributed by atoms with Gasteiger partial charge in [-0.25, -0.2) is 0 Å². The van der Waals surface area contributed by atoms with Crippen molar-refractivity contribution in [2.45, 2.75) is 289 Å². The molecule has 9 heteroatoms. The first-order chi connectivity index (χ1) is 64.1. The molecule has 5 saturated carbocycles. The zero-order valence-electron chi connectivity index (χ0n) is 82.0. The molecule has 708 valence electrons. The third-order valence-electron chi connectivity index (χ3n) is 27.4. The summed E-state index contributed by atoms with van der Waals surface area (Å²) in [6.07, 6.45) is 33.1. The minimum atomic E-state index is -0.0185. The van der Waals surface area contributed by atoms with Gasteiger partial charge in [-0.05, 0) is 166 Å². The van der Waals surface area contributed by atoms with Crippen molar-refractivity contribution in [3.63, 3.8) is 0 Å². The lowest BCUT2D eigenvalue weighted by Crippen LogP contribution is -2.37. The van der Waals surface area contributed by atoms with Gasteiger partial charge in [0.25, 0.3) is 0 Å². The second-order valence-corrected chi connectivity index (χ2v) is 38.8. The van der Waals surface area contributed by atoms with Crippen molar-refractivity contribution in [3.05, 3.63) is 390 Å². The Morgan fingerprint density at radius 2 is 0.754 bits per heavy atom. The highest BCUT2D eigenvalue weighted by Crippen LogP contribution is 2.47. The van der Waals surface area contributed by atoms with Gasteiger partial charge in [0.05, 0.1) is 6.10 Å². The smallest absolute Gasteiger partial charge is 0.193 e. The van der Waals surface area contributed by atoms with Crippen LogP contribution in [0.25, 0.3) is 0 Å². The van der Waals surface area contributed by atoms with Gasteiger partial charge in [-0.15, -0.1) is 0 Å². The Bertz CT molecular complexity index is 5330. The van der Waals surface area contributed by atoms with E-state index in [0.29, 0.717) is 71.9 Å². The molecule has 1 N–H and O–H groups in total. The van der Waals surface area contributed by atoms with Crippen molar-refractivity contribution in [3.8, 4) is 0 Å². The standard InChI is InChI=1S/C16H22O.C16H16O.C15H20O.C15H14O.C15H20O.C14H18O.C14H12O.C10H10O.C9H18O.CH4/c2*1-13-7-10-15(11-8-13)16(17)12-9-14-5-3-2-4-6-14;2*1-12-7-9-14(10-8-12)15(16)11-13-5-3-2-4-6-13;1-3-9-15(10-4-11-15)14(16)13-7-5-12(2)6-8-13;2*1-11-7-9-13(10-8-11)14(15)12-5-3-2-4-6-12;1-7-2-4-9-8(6-7)3-5-10(9)11;1-6(2)9-7(3)4-5-8(9)10;/h7-8,10-11,14H,2-6,9,12H2,1H3;2-8,10-11H,9,12H2,1H3;7-10,13H,2-6,11H2,1H3;2-10H,11H2,1H3;5-8H,3-4,9-11H2,1-2H3;7-10,12H,2-6H2,1H3;2-10H,1H3;2,4,6H,3,5H2,1H3;6-10H,4-5H2,1-3H3;1H4/t;;;;;;;;7?,8-,9?;/m........1./s1. The lowest BCUT2D eigenvalue weighted by atomic mass is 9.62. The maximum Gasteiger partial charge on any atom is 0.193 e. The van der Waals surface area contributed by atoms with E-state index < -0.39 is 0 Å². The highest BCUT2D eigenvalue weighted by atomic mass is 16.3. The van der Waals surface area contributed by atoms with Gasteiger partial charge in [-0.3, -0.25) is 38.4 Å². The lowest BCUT2D eigenvalue weighted by molar-refractivity contribution is 0.0576. The Balaban J connectivity index is 0.000000186. The van der Waals surface area contributed by atoms with E-state index in [2.05, 4.69) is 80.5 Å². The van der Waals surface area contributed by atoms with Gasteiger partial charge >= 0.3 is 0 Å². The van der Waals surface area contributed by atoms with Gasteiger partial charge in [0.2, 0.25) is 0 Å². The number of carbonyl (C=O) groups is 8. The Morgan fingerprint density at radius 3 is 1.17 bits per heavy atom. The molecule has 0 aliphatic heterocycles. The first-order valence-corrected chi connectivity index (χ1v) is 49.8. The van der Waals surface area contributed by atoms with Crippen LogP contribution in [-0.2, 0) is 19.3 Å². The maximum absolute atomic E-state index is 12.5. The average Bonchev–Trinajstić information content (AvgIpc) is 1.01. The van der Waals surface area contributed by atoms with Crippen LogP contribution in [0.5, 0.6) is 0 Å². The van der Waals surface area contributed by atoms with Crippen molar-refractivity contribution >= 4 is 46.3 Å². The molecule has 134 heavy (non-hydrogen) atoms. The molecule has 0 amide bonds. The Hall–Kier alpha value is -11.3. The number of aliphatic hydroxyl groups is 1. The van der Waals surface area contributed by atoms with Crippen molar-refractivity contribution in [2.75, 3.05) is 0 Å². The summed E-state index contributed by atoms with van der Waals surface area (Å²) in [5.41, 5.74) is 20.7. The number of rotatable bonds is 23. The number of benzene rings is 11. The average molecular weight is 1800 g/mol. The third-order valence-corrected chi connectivity index (χ3v) is 27.4. The fourth-order valence-corrected chi connectivity index (χ4v) is 19.0. The minimum Gasteiger partial charge on any atom is -0.393 e. The fraction of sp³-hybridized carbons (Fsp3) is 0.408. The van der Waals surface area contributed by atoms with E-state index in [1.807, 2.05) is 282 Å². The highest BCUT2D eigenvalue weighted by Gasteiger charge is 2.43. The molecule has 0 aromatic heterocycles. The van der Waals surface area contributed by atoms with Crippen LogP contribution < -0.4 is 0 Å². The molecule has 9 nitrogen and oxygen atoms in total. The number of aliphatic hydroxyl groups excluding tert-OH is 1. The zero-order valence-corrected chi connectivity index (χ0v) is 82.0. The van der Waals surface area contributed by atoms with Gasteiger partial charge < -0.3 is 5.11 Å². The van der Waals surface area contributed by atoms with Crippen molar-refractivity contribution < 1.29 is 43.5 Å². The first kappa shape index (κ1) is 108. The molecular weight excluding hydrogens is 1650 g/mol. The van der Waals surface area contributed by atoms with Crippen LogP contribution in [0, 0.1) is 96.3 Å². The molecule has 5 fully saturated rings. The molecule has 6 aliphatic rings. The van der Waals surface area contributed by atoms with Crippen molar-refractivity contribution in [1.29, 1.82) is 0 Å². The quantitative estimate of drug-likeness (QED) is 0.0616. The zero-order chi connectivity index (χ0) is 95.4. The summed E-state index contributed by atoms with van der Waals surface area (Å²) < 4.78 is 0. The van der Waals surface area contributed by atoms with E-state index in [1.165, 1.54) is 152 Å². The molecule has 17 rings (SSSR count). The summed E-state index contributed by atoms with van der Waals surface area (Å²) >= 11 is 0. The molecule has 11 aromatic rings. The van der Waals surface area contributed by atoms with Crippen molar-refractivity contribution in [1.82, 2.24) is 0 Å². The van der Waals surface area contributed by atoms with Gasteiger partial charge in [-0.1, -0.05) is 455 Å². The fourth-order valence-electron chi connectivity index (χ4n) is 19.0. The minimum absolute atomic E-state index is 0. The number of aryl methyl sites for hydroxylation is 10. The molecule has 11 aromatic carbocycles. The number of Topliss-reactive ketones (excluding diaryl/α,β-unsaturated/α-hetero) is 7. The summed E-state index contributed by atoms with van der Waals surface area (Å²) in [6, 6.07) is 90.4. The van der Waals surface area contributed by atoms with Crippen LogP contribution >= 0.6 is 0 Å². The Kier molecular flexibility index (Phi) is 46.3. The predicted octanol–water partition coefficient (Wildman–Crippen LogP) is 31.9. The van der Waals surface area contributed by atoms with Gasteiger partial charge in [-0.2, -0.15) is 0 Å². The van der Waals surface area contributed by atoms with Gasteiger partial charge in [0.15, 0.2) is 46.3 Å². The van der Waals surface area contributed by atoms with Gasteiger partial charge in [0, 0.05) is 93.5 Å². The summed E-state index contributed by atoms with van der Waals surface area (Å²) in [5, 5.41) is 9.53. The van der Waals surface area contributed by atoms with Crippen molar-refractivity contribution in [2.24, 2.45) is 40.9 Å². The Morgan fingerprint density at radius 1 is 0.373 bits per heavy atom. The van der Waals surface area contributed by atoms with E-state index in [4.69, 9.17) is 0 Å². The van der Waals surface area contributed by atoms with Gasteiger partial charge in [0.1, 0.15) is 0 Å². The van der Waals surface area contributed by atoms with Crippen LogP contribution in [0.1, 0.15) is 358 Å². The number of hydrogen-bond donors (Lipinski definition) is 1. The molecule has 0 spiro atoms. The molecule has 0 heterocycles. The van der Waals surface area contributed by atoms with Crippen LogP contribution in [0.15, 0.2) is 279 Å². The summed E-state index contributed by atoms with van der Waals surface area (Å²) in [5.74, 6) is 5.82. The number of fused-ring (bicyclic) bond motifs is 1. The number of hydrogen-bond acceptors (Lipinski definition) is 9. The number of ketones is 8. The molecule has 3 atom stereocenters. The summed E-state index contributed by atoms with van der Waals surface area (Å²) in [7, 11) is 0. The predicted molar refractivity (Wildman–Crippen MR) is 557 cm³/mol. The molecule has 2 unspecified atom stereocenters. The highest BCUT2D eigenvalue weighted by molar-refractivity contribution is 6.09. The maximum atomic E-state index is 12.5. The molecule has 0 saturated heterocycles. The van der Waals surface area contributed by atoms with E-state index in [-0.39, 0.29) is 36.3 Å². The third kappa shape index (κ3) is 36.5. The van der Waals surface area contributed by atoms with E-state index in [1.54, 1.807) is 0 Å². The lowest BCUT2D eigenvalue weighted by Gasteiger charge is -2.40. The summed E-state index contributed by atoms with van der Waals surface area (Å²) in [4.78, 5) is 95.6. The summed E-state index contributed by atoms with van der Waals surface area (Å²) in [6.45, 7) is 25.2. The molecule has 0 radical (unpaired) electrons. The van der Waals surface area contributed by atoms with E-state index >= 15 is 0 Å². The second-order valence-electron chi connectivity index (χ2n) is 38.8. The molecular formula is C125H154O9. The Labute approximate surface area is 805 Å². The SMILES string of the molecule is C.CC(C)C1C(C)CC[C@H]1O.CCCC1(C(=O)c2ccc(C)cc2)CCC1.Cc1ccc(C(=O)C2CCCCC2)cc1.Cc1ccc(C(=O)CC2CCCCC2)cc1.Cc1ccc(C(=O)CCC2CCCCC2)cc1.Cc1ccc(C(=O)CCc2ccccc2)cc1.Cc1ccc(C(=O)Cc2ccccc2)cc1.Cc1ccc(C(=O)c2ccccc2)cc1.Cc1ccc2c(c1)CCC2=O. The van der Waals surface area contributed by atoms with Crippen LogP contribution in [-0.4, -0.2) is 57.5 Å². The van der Waals surface area contributed by atoms with Crippen LogP contribution in [0.3, 0.4) is 0 Å². The molecule has 0 bridgehead atoms. The monoisotopic (exact) mass is 1800 g/mol. The first-order valence-electron chi connectivity index (χ1n) is 49.8. The second kappa shape index (κ2) is 57.5. The number of carbonyl (C=O) groups excluding carboxylic acids is 8. The largest absolute Gasteiger partial charge is 0.393 e. The van der Waals surface area contributed by atoms with Crippen LogP contribution in [0.4, 0.5) is 0 Å². The van der Waals surface area contributed by atoms with Crippen LogP contribution in [0.2, 0.25) is 0 Å². The molecule has 6 aliphatic carbocycles. The topological polar surface area (TPSA) is 157 Å². The van der Waals surface area contributed by atoms with E-state index in [0.717, 1.165) is 145 Å². The van der Waals surface area contributed by atoms with E-state index in [9.17, 15) is 43.5 Å².